The second-order valence-electron chi connectivity index (χ2n) is 6.50. The first-order valence-electron chi connectivity index (χ1n) is 8.13. The van der Waals surface area contributed by atoms with Crippen molar-refractivity contribution in [3.63, 3.8) is 0 Å². The lowest BCUT2D eigenvalue weighted by molar-refractivity contribution is 0.410. The summed E-state index contributed by atoms with van der Waals surface area (Å²) in [6.45, 7) is 5.74. The molecule has 0 radical (unpaired) electrons. The second kappa shape index (κ2) is 5.66. The number of benzene rings is 1. The highest BCUT2D eigenvalue weighted by molar-refractivity contribution is 5.30. The molecule has 1 nitrogen and oxygen atoms in total. The third kappa shape index (κ3) is 2.58. The van der Waals surface area contributed by atoms with Crippen molar-refractivity contribution in [2.75, 3.05) is 6.54 Å². The van der Waals surface area contributed by atoms with E-state index in [-0.39, 0.29) is 0 Å². The minimum Gasteiger partial charge on any atom is -0.314 e. The van der Waals surface area contributed by atoms with Crippen molar-refractivity contribution in [2.24, 2.45) is 5.92 Å². The lowest BCUT2D eigenvalue weighted by Crippen LogP contribution is -2.32. The Bertz CT molecular complexity index is 404. The Kier molecular flexibility index (Phi) is 3.93. The summed E-state index contributed by atoms with van der Waals surface area (Å²) in [4.78, 5) is 0. The molecule has 0 aliphatic heterocycles. The maximum absolute atomic E-state index is 3.64. The van der Waals surface area contributed by atoms with Crippen LogP contribution in [0, 0.1) is 5.92 Å². The summed E-state index contributed by atoms with van der Waals surface area (Å²) in [5, 5.41) is 3.64. The summed E-state index contributed by atoms with van der Waals surface area (Å²) in [5.74, 6) is 2.40. The highest BCUT2D eigenvalue weighted by atomic mass is 14.9. The zero-order chi connectivity index (χ0) is 13.2. The molecule has 1 aromatic carbocycles. The van der Waals surface area contributed by atoms with Crippen LogP contribution in [-0.2, 0) is 0 Å². The molecule has 104 valence electrons. The minimum atomic E-state index is 0.723. The van der Waals surface area contributed by atoms with Gasteiger partial charge in [-0.05, 0) is 61.1 Å². The smallest absolute Gasteiger partial charge is 0.00986 e. The predicted molar refractivity (Wildman–Crippen MR) is 81.6 cm³/mol. The molecule has 1 aromatic rings. The highest BCUT2D eigenvalue weighted by Crippen LogP contribution is 2.41. The van der Waals surface area contributed by atoms with E-state index in [0.29, 0.717) is 0 Å². The molecule has 2 fully saturated rings. The molecule has 0 saturated heterocycles. The van der Waals surface area contributed by atoms with Gasteiger partial charge in [-0.1, -0.05) is 44.5 Å². The summed E-state index contributed by atoms with van der Waals surface area (Å²) in [7, 11) is 0. The van der Waals surface area contributed by atoms with Crippen LogP contribution in [0.4, 0.5) is 0 Å². The first-order chi connectivity index (χ1) is 9.29. The molecular weight excluding hydrogens is 230 g/mol. The van der Waals surface area contributed by atoms with Crippen LogP contribution in [0.3, 0.4) is 0 Å². The molecule has 3 rings (SSSR count). The summed E-state index contributed by atoms with van der Waals surface area (Å²) >= 11 is 0. The van der Waals surface area contributed by atoms with Gasteiger partial charge >= 0.3 is 0 Å². The Morgan fingerprint density at radius 3 is 2.26 bits per heavy atom. The molecule has 0 spiro atoms. The van der Waals surface area contributed by atoms with Crippen molar-refractivity contribution in [2.45, 2.75) is 63.8 Å². The summed E-state index contributed by atoms with van der Waals surface area (Å²) in [6, 6.07) is 10.3. The van der Waals surface area contributed by atoms with E-state index in [4.69, 9.17) is 0 Å². The fourth-order valence-electron chi connectivity index (χ4n) is 3.94. The number of nitrogens with one attached hydrogen (secondary N) is 1. The lowest BCUT2D eigenvalue weighted by atomic mass is 9.79. The van der Waals surface area contributed by atoms with Gasteiger partial charge in [0.15, 0.2) is 0 Å². The van der Waals surface area contributed by atoms with Gasteiger partial charge < -0.3 is 5.32 Å². The summed E-state index contributed by atoms with van der Waals surface area (Å²) in [6.07, 6.45) is 6.92. The average Bonchev–Trinajstić information content (AvgIpc) is 2.71. The van der Waals surface area contributed by atoms with Gasteiger partial charge in [-0.15, -0.1) is 0 Å². The van der Waals surface area contributed by atoms with E-state index < -0.39 is 0 Å². The minimum absolute atomic E-state index is 0.723. The molecule has 1 N–H and O–H groups in total. The number of rotatable bonds is 4. The van der Waals surface area contributed by atoms with Gasteiger partial charge in [-0.25, -0.2) is 0 Å². The number of hydrogen-bond donors (Lipinski definition) is 1. The quantitative estimate of drug-likeness (QED) is 0.840. The van der Waals surface area contributed by atoms with E-state index in [1.807, 2.05) is 0 Å². The standard InChI is InChI=1S/C18H27N/c1-3-19-18-12-11-17(13(18)2)16-9-7-15(8-10-16)14-5-4-6-14/h7-10,13-14,17-19H,3-6,11-12H2,1-2H3. The number of hydrogen-bond acceptors (Lipinski definition) is 1. The Morgan fingerprint density at radius 2 is 1.68 bits per heavy atom. The molecule has 1 heteroatoms. The highest BCUT2D eigenvalue weighted by Gasteiger charge is 2.33. The second-order valence-corrected chi connectivity index (χ2v) is 6.50. The van der Waals surface area contributed by atoms with Gasteiger partial charge in [-0.3, -0.25) is 0 Å². The Labute approximate surface area is 117 Å². The molecule has 2 aliphatic rings. The first-order valence-corrected chi connectivity index (χ1v) is 8.13. The molecule has 3 unspecified atom stereocenters. The third-order valence-electron chi connectivity index (χ3n) is 5.47. The van der Waals surface area contributed by atoms with Crippen molar-refractivity contribution in [3.05, 3.63) is 35.4 Å². The summed E-state index contributed by atoms with van der Waals surface area (Å²) < 4.78 is 0. The van der Waals surface area contributed by atoms with E-state index in [0.717, 1.165) is 30.3 Å². The van der Waals surface area contributed by atoms with Crippen LogP contribution < -0.4 is 5.32 Å². The molecule has 0 bridgehead atoms. The fourth-order valence-corrected chi connectivity index (χ4v) is 3.94. The maximum Gasteiger partial charge on any atom is 0.00986 e. The van der Waals surface area contributed by atoms with Crippen molar-refractivity contribution >= 4 is 0 Å². The van der Waals surface area contributed by atoms with E-state index >= 15 is 0 Å². The van der Waals surface area contributed by atoms with E-state index in [1.54, 1.807) is 11.1 Å². The van der Waals surface area contributed by atoms with Gasteiger partial charge in [0, 0.05) is 6.04 Å². The summed E-state index contributed by atoms with van der Waals surface area (Å²) in [5.41, 5.74) is 3.14. The maximum atomic E-state index is 3.64. The van der Waals surface area contributed by atoms with Crippen molar-refractivity contribution in [1.82, 2.24) is 5.32 Å². The Balaban J connectivity index is 1.68. The van der Waals surface area contributed by atoms with Crippen molar-refractivity contribution < 1.29 is 0 Å². The molecule has 0 amide bonds. The van der Waals surface area contributed by atoms with Crippen molar-refractivity contribution in [3.8, 4) is 0 Å². The van der Waals surface area contributed by atoms with Gasteiger partial charge in [0.2, 0.25) is 0 Å². The molecule has 0 aromatic heterocycles. The SMILES string of the molecule is CCNC1CCC(c2ccc(C3CCC3)cc2)C1C. The molecular formula is C18H27N. The van der Waals surface area contributed by atoms with Crippen LogP contribution in [0.15, 0.2) is 24.3 Å². The van der Waals surface area contributed by atoms with Crippen LogP contribution in [0.1, 0.15) is 68.9 Å². The monoisotopic (exact) mass is 257 g/mol. The molecule has 2 saturated carbocycles. The van der Waals surface area contributed by atoms with E-state index in [1.165, 1.54) is 32.1 Å². The van der Waals surface area contributed by atoms with Crippen LogP contribution in [0.25, 0.3) is 0 Å². The lowest BCUT2D eigenvalue weighted by Gasteiger charge is -2.26. The van der Waals surface area contributed by atoms with Crippen LogP contribution in [-0.4, -0.2) is 12.6 Å². The first kappa shape index (κ1) is 13.2. The van der Waals surface area contributed by atoms with Crippen LogP contribution in [0.5, 0.6) is 0 Å². The zero-order valence-corrected chi connectivity index (χ0v) is 12.4. The Hall–Kier alpha value is -0.820. The third-order valence-corrected chi connectivity index (χ3v) is 5.47. The van der Waals surface area contributed by atoms with Gasteiger partial charge in [0.1, 0.15) is 0 Å². The zero-order valence-electron chi connectivity index (χ0n) is 12.4. The van der Waals surface area contributed by atoms with Gasteiger partial charge in [0.25, 0.3) is 0 Å². The topological polar surface area (TPSA) is 12.0 Å². The molecule has 2 aliphatic carbocycles. The van der Waals surface area contributed by atoms with Crippen LogP contribution >= 0.6 is 0 Å². The van der Waals surface area contributed by atoms with E-state index in [9.17, 15) is 0 Å². The van der Waals surface area contributed by atoms with Gasteiger partial charge in [-0.2, -0.15) is 0 Å². The average molecular weight is 257 g/mol. The van der Waals surface area contributed by atoms with Crippen molar-refractivity contribution in [1.29, 1.82) is 0 Å². The molecule has 3 atom stereocenters. The van der Waals surface area contributed by atoms with E-state index in [2.05, 4.69) is 43.4 Å². The predicted octanol–water partition coefficient (Wildman–Crippen LogP) is 4.45. The molecule has 19 heavy (non-hydrogen) atoms. The molecule has 0 heterocycles. The fraction of sp³-hybridized carbons (Fsp3) is 0.667. The largest absolute Gasteiger partial charge is 0.314 e. The normalized spacial score (nSPS) is 31.4. The van der Waals surface area contributed by atoms with Crippen LogP contribution in [0.2, 0.25) is 0 Å². The Morgan fingerprint density at radius 1 is 1.00 bits per heavy atom. The van der Waals surface area contributed by atoms with Gasteiger partial charge in [0.05, 0.1) is 0 Å².